The molecule has 0 spiro atoms. The highest BCUT2D eigenvalue weighted by Gasteiger charge is 2.12. The summed E-state index contributed by atoms with van der Waals surface area (Å²) >= 11 is 0. The van der Waals surface area contributed by atoms with Crippen molar-refractivity contribution in [3.63, 3.8) is 0 Å². The van der Waals surface area contributed by atoms with Crippen LogP contribution in [0.2, 0.25) is 0 Å². The van der Waals surface area contributed by atoms with Crippen molar-refractivity contribution in [2.24, 2.45) is 0 Å². The Kier molecular flexibility index (Phi) is 33.5. The molecule has 0 radical (unpaired) electrons. The zero-order valence-electron chi connectivity index (χ0n) is 29.2. The van der Waals surface area contributed by atoms with Gasteiger partial charge < -0.3 is 19.7 Å². The van der Waals surface area contributed by atoms with Crippen molar-refractivity contribution in [3.05, 3.63) is 36.5 Å². The van der Waals surface area contributed by atoms with Gasteiger partial charge in [-0.25, -0.2) is 0 Å². The van der Waals surface area contributed by atoms with E-state index in [0.717, 1.165) is 64.2 Å². The van der Waals surface area contributed by atoms with Crippen molar-refractivity contribution in [1.29, 1.82) is 0 Å². The van der Waals surface area contributed by atoms with E-state index >= 15 is 0 Å². The lowest BCUT2D eigenvalue weighted by molar-refractivity contribution is -0.152. The molecule has 0 heterocycles. The van der Waals surface area contributed by atoms with E-state index in [0.29, 0.717) is 19.3 Å². The molecule has 0 aromatic carbocycles. The third kappa shape index (κ3) is 34.8. The van der Waals surface area contributed by atoms with Crippen molar-refractivity contribution in [1.82, 2.24) is 0 Å². The van der Waals surface area contributed by atoms with E-state index in [4.69, 9.17) is 9.47 Å². The van der Waals surface area contributed by atoms with Crippen molar-refractivity contribution in [2.75, 3.05) is 13.2 Å². The van der Waals surface area contributed by atoms with Crippen LogP contribution in [0.4, 0.5) is 0 Å². The van der Waals surface area contributed by atoms with Crippen molar-refractivity contribution >= 4 is 11.9 Å². The predicted molar refractivity (Wildman–Crippen MR) is 188 cm³/mol. The Balaban J connectivity index is 3.50. The number of ether oxygens (including phenoxy) is 2. The fraction of sp³-hybridized carbons (Fsp3) is 0.795. The van der Waals surface area contributed by atoms with E-state index in [-0.39, 0.29) is 25.2 Å². The van der Waals surface area contributed by atoms with Crippen LogP contribution in [0.3, 0.4) is 0 Å². The standard InChI is InChI=1S/C39H70O6/c1-3-5-7-8-9-10-11-12-13-14-15-18-21-24-28-32-38(42)44-34-37(41)35-45-39(43)33-29-25-22-19-16-17-20-23-27-31-36(40)30-26-6-4-2/h6,20,23,26-27,31,36-37,40-41H,3-5,7-19,21-22,24-25,28-30,32-35H2,1-2H3/b23-20+,26-6+,31-27+/t36?,37-/m1/s1. The van der Waals surface area contributed by atoms with Crippen LogP contribution in [-0.4, -0.2) is 47.6 Å². The number of allylic oxidation sites excluding steroid dienone is 4. The zero-order chi connectivity index (χ0) is 33.1. The van der Waals surface area contributed by atoms with Gasteiger partial charge in [0.05, 0.1) is 6.10 Å². The molecule has 2 N–H and O–H groups in total. The Labute approximate surface area is 277 Å². The second-order valence-corrected chi connectivity index (χ2v) is 12.5. The molecule has 0 amide bonds. The molecule has 6 heteroatoms. The number of rotatable bonds is 33. The second-order valence-electron chi connectivity index (χ2n) is 12.5. The number of esters is 2. The quantitative estimate of drug-likeness (QED) is 0.0323. The minimum absolute atomic E-state index is 0.133. The van der Waals surface area contributed by atoms with Crippen LogP contribution in [0.1, 0.15) is 174 Å². The molecule has 262 valence electrons. The van der Waals surface area contributed by atoms with Crippen LogP contribution in [0.5, 0.6) is 0 Å². The molecule has 6 nitrogen and oxygen atoms in total. The van der Waals surface area contributed by atoms with Gasteiger partial charge in [0.2, 0.25) is 0 Å². The van der Waals surface area contributed by atoms with E-state index in [2.05, 4.69) is 26.0 Å². The lowest BCUT2D eigenvalue weighted by Crippen LogP contribution is -2.25. The normalized spacial score (nSPS) is 13.2. The van der Waals surface area contributed by atoms with E-state index in [1.165, 1.54) is 77.0 Å². The van der Waals surface area contributed by atoms with Crippen LogP contribution >= 0.6 is 0 Å². The number of carbonyl (C=O) groups is 2. The Morgan fingerprint density at radius 2 is 1.00 bits per heavy atom. The molecule has 0 aromatic rings. The average molecular weight is 635 g/mol. The van der Waals surface area contributed by atoms with Crippen LogP contribution in [0, 0.1) is 0 Å². The van der Waals surface area contributed by atoms with Gasteiger partial charge in [0.15, 0.2) is 0 Å². The summed E-state index contributed by atoms with van der Waals surface area (Å²) in [6, 6.07) is 0. The summed E-state index contributed by atoms with van der Waals surface area (Å²) in [5.74, 6) is -0.614. The van der Waals surface area contributed by atoms with Gasteiger partial charge >= 0.3 is 11.9 Å². The second kappa shape index (κ2) is 34.9. The Morgan fingerprint density at radius 3 is 1.47 bits per heavy atom. The smallest absolute Gasteiger partial charge is 0.305 e. The molecule has 0 rings (SSSR count). The first-order valence-electron chi connectivity index (χ1n) is 18.6. The van der Waals surface area contributed by atoms with Gasteiger partial charge in [-0.05, 0) is 38.5 Å². The molecule has 0 aliphatic rings. The fourth-order valence-corrected chi connectivity index (χ4v) is 5.12. The third-order valence-electron chi connectivity index (χ3n) is 7.97. The number of aliphatic hydroxyl groups excluding tert-OH is 2. The first kappa shape index (κ1) is 43.1. The van der Waals surface area contributed by atoms with E-state index in [1.54, 1.807) is 0 Å². The summed E-state index contributed by atoms with van der Waals surface area (Å²) in [6.45, 7) is 4.07. The maximum atomic E-state index is 11.9. The summed E-state index contributed by atoms with van der Waals surface area (Å²) < 4.78 is 10.3. The molecule has 0 aliphatic carbocycles. The summed E-state index contributed by atoms with van der Waals surface area (Å²) in [5, 5.41) is 19.8. The largest absolute Gasteiger partial charge is 0.463 e. The maximum Gasteiger partial charge on any atom is 0.305 e. The van der Waals surface area contributed by atoms with Crippen LogP contribution in [0.25, 0.3) is 0 Å². The minimum atomic E-state index is -0.983. The summed E-state index contributed by atoms with van der Waals surface area (Å²) in [7, 11) is 0. The Hall–Kier alpha value is -1.92. The van der Waals surface area contributed by atoms with Crippen LogP contribution in [-0.2, 0) is 19.1 Å². The van der Waals surface area contributed by atoms with Gasteiger partial charge in [0, 0.05) is 12.8 Å². The average Bonchev–Trinajstić information content (AvgIpc) is 3.03. The highest BCUT2D eigenvalue weighted by atomic mass is 16.6. The fourth-order valence-electron chi connectivity index (χ4n) is 5.12. The monoisotopic (exact) mass is 635 g/mol. The first-order chi connectivity index (χ1) is 22.0. The Bertz CT molecular complexity index is 744. The van der Waals surface area contributed by atoms with Gasteiger partial charge in [-0.3, -0.25) is 9.59 Å². The summed E-state index contributed by atoms with van der Waals surface area (Å²) in [4.78, 5) is 23.9. The van der Waals surface area contributed by atoms with Crippen LogP contribution < -0.4 is 0 Å². The SMILES string of the molecule is CC/C=C/CC(O)/C=C/C=C/CCCCCCCC(=O)OC[C@H](O)COC(=O)CCCCCCCCCCCCCCCCC. The lowest BCUT2D eigenvalue weighted by Gasteiger charge is -2.12. The molecule has 1 unspecified atom stereocenters. The van der Waals surface area contributed by atoms with Gasteiger partial charge in [-0.1, -0.05) is 159 Å². The van der Waals surface area contributed by atoms with E-state index < -0.39 is 12.2 Å². The van der Waals surface area contributed by atoms with Crippen molar-refractivity contribution in [2.45, 2.75) is 187 Å². The first-order valence-corrected chi connectivity index (χ1v) is 18.6. The number of unbranched alkanes of at least 4 members (excludes halogenated alkanes) is 19. The zero-order valence-corrected chi connectivity index (χ0v) is 29.2. The van der Waals surface area contributed by atoms with E-state index in [9.17, 15) is 19.8 Å². The van der Waals surface area contributed by atoms with Gasteiger partial charge in [-0.15, -0.1) is 0 Å². The van der Waals surface area contributed by atoms with E-state index in [1.807, 2.05) is 24.3 Å². The number of aliphatic hydroxyl groups is 2. The highest BCUT2D eigenvalue weighted by molar-refractivity contribution is 5.69. The van der Waals surface area contributed by atoms with Crippen molar-refractivity contribution < 1.29 is 29.3 Å². The third-order valence-corrected chi connectivity index (χ3v) is 7.97. The molecule has 0 saturated carbocycles. The molecule has 0 aromatic heterocycles. The Morgan fingerprint density at radius 1 is 0.556 bits per heavy atom. The molecule has 0 aliphatic heterocycles. The number of hydrogen-bond donors (Lipinski definition) is 2. The number of carbonyl (C=O) groups excluding carboxylic acids is 2. The van der Waals surface area contributed by atoms with Gasteiger partial charge in [-0.2, -0.15) is 0 Å². The molecule has 0 bridgehead atoms. The van der Waals surface area contributed by atoms with Crippen LogP contribution in [0.15, 0.2) is 36.5 Å². The lowest BCUT2D eigenvalue weighted by atomic mass is 10.0. The molecule has 0 fully saturated rings. The summed E-state index contributed by atoms with van der Waals surface area (Å²) in [5.41, 5.74) is 0. The van der Waals surface area contributed by atoms with Crippen molar-refractivity contribution in [3.8, 4) is 0 Å². The minimum Gasteiger partial charge on any atom is -0.463 e. The molecule has 2 atom stereocenters. The molecule has 0 saturated heterocycles. The highest BCUT2D eigenvalue weighted by Crippen LogP contribution is 2.14. The topological polar surface area (TPSA) is 93.1 Å². The molecular weight excluding hydrogens is 564 g/mol. The van der Waals surface area contributed by atoms with Gasteiger partial charge in [0.25, 0.3) is 0 Å². The molecular formula is C39H70O6. The predicted octanol–water partition coefficient (Wildman–Crippen LogP) is 10.3. The molecule has 45 heavy (non-hydrogen) atoms. The maximum absolute atomic E-state index is 11.9. The van der Waals surface area contributed by atoms with Gasteiger partial charge in [0.1, 0.15) is 19.3 Å². The number of hydrogen-bond acceptors (Lipinski definition) is 6. The summed E-state index contributed by atoms with van der Waals surface area (Å²) in [6.07, 6.45) is 38.1.